The first-order valence-electron chi connectivity index (χ1n) is 12.0. The molecular formula is C24H30N4O11. The molecule has 0 unspecified atom stereocenters. The Labute approximate surface area is 221 Å². The van der Waals surface area contributed by atoms with Gasteiger partial charge in [0.1, 0.15) is 61.0 Å². The van der Waals surface area contributed by atoms with Gasteiger partial charge in [0.25, 0.3) is 0 Å². The van der Waals surface area contributed by atoms with E-state index in [4.69, 9.17) is 9.47 Å². The Kier molecular flexibility index (Phi) is 9.62. The third kappa shape index (κ3) is 6.44. The largest absolute Gasteiger partial charge is 0.394 e. The fourth-order valence-corrected chi connectivity index (χ4v) is 4.36. The van der Waals surface area contributed by atoms with Gasteiger partial charge in [-0.1, -0.05) is 24.3 Å². The molecule has 0 aliphatic carbocycles. The van der Waals surface area contributed by atoms with Crippen LogP contribution in [0.4, 0.5) is 11.4 Å². The number of aliphatic hydroxyl groups excluding tert-OH is 8. The highest BCUT2D eigenvalue weighted by molar-refractivity contribution is 5.40. The Balaban J connectivity index is 1.30. The van der Waals surface area contributed by atoms with Crippen LogP contribution in [0.3, 0.4) is 0 Å². The molecule has 0 spiro atoms. The van der Waals surface area contributed by atoms with E-state index >= 15 is 0 Å². The first-order chi connectivity index (χ1) is 18.7. The van der Waals surface area contributed by atoms with Crippen LogP contribution in [-0.4, -0.2) is 103 Å². The van der Waals surface area contributed by atoms with E-state index in [1.165, 1.54) is 0 Å². The van der Waals surface area contributed by atoms with Gasteiger partial charge in [-0.2, -0.15) is 0 Å². The van der Waals surface area contributed by atoms with Gasteiger partial charge < -0.3 is 50.3 Å². The number of aliphatic hydroxyl groups is 8. The summed E-state index contributed by atoms with van der Waals surface area (Å²) in [5.74, 6) is 0. The summed E-state index contributed by atoms with van der Waals surface area (Å²) >= 11 is 0. The van der Waals surface area contributed by atoms with Gasteiger partial charge in [-0.3, -0.25) is 0 Å². The first-order valence-corrected chi connectivity index (χ1v) is 12.0. The summed E-state index contributed by atoms with van der Waals surface area (Å²) in [6.45, 7) is -1.05. The van der Waals surface area contributed by atoms with Crippen molar-refractivity contribution in [2.45, 2.75) is 61.0 Å². The molecule has 2 fully saturated rings. The zero-order valence-electron chi connectivity index (χ0n) is 20.4. The van der Waals surface area contributed by atoms with Gasteiger partial charge in [-0.15, -0.1) is 10.2 Å². The maximum Gasteiger partial charge on any atom is 0.113 e. The summed E-state index contributed by atoms with van der Waals surface area (Å²) in [6.07, 6.45) is -12.6. The molecule has 15 nitrogen and oxygen atoms in total. The molecule has 212 valence electrons. The Hall–Kier alpha value is -2.96. The van der Waals surface area contributed by atoms with Crippen molar-refractivity contribution in [3.63, 3.8) is 0 Å². The summed E-state index contributed by atoms with van der Waals surface area (Å²) in [4.78, 5) is 4.69. The van der Waals surface area contributed by atoms with Gasteiger partial charge in [-0.25, -0.2) is 4.94 Å². The normalized spacial score (nSPS) is 35.5. The number of benzene rings is 2. The lowest BCUT2D eigenvalue weighted by Crippen LogP contribution is -2.55. The standard InChI is InChI=1S/C24H30N4O11/c29-9-15-17(31)19(33)21(35)23(37-15)11-1-5-13(6-2-11)25-27-39-28-26-14-7-3-12(4-8-14)24-22(36)20(34)18(32)16(10-30)38-24/h1-8,15-24,29-36H,9-10H2/t15-,16-,17-,18-,19+,20+,21-,22-,23+,24+/m1/s1. The smallest absolute Gasteiger partial charge is 0.113 e. The van der Waals surface area contributed by atoms with E-state index < -0.39 is 74.3 Å². The second-order valence-electron chi connectivity index (χ2n) is 9.13. The lowest BCUT2D eigenvalue weighted by Gasteiger charge is -2.40. The first kappa shape index (κ1) is 29.0. The minimum absolute atomic E-state index is 0.363. The van der Waals surface area contributed by atoms with Gasteiger partial charge in [0, 0.05) is 0 Å². The number of hydrogen-bond acceptors (Lipinski definition) is 15. The van der Waals surface area contributed by atoms with E-state index in [2.05, 4.69) is 25.7 Å². The fraction of sp³-hybridized carbons (Fsp3) is 0.500. The molecule has 0 radical (unpaired) electrons. The molecule has 2 aliphatic heterocycles. The molecule has 2 aromatic rings. The van der Waals surface area contributed by atoms with Crippen molar-refractivity contribution in [2.24, 2.45) is 20.8 Å². The Bertz CT molecular complexity index is 1030. The predicted octanol–water partition coefficient (Wildman–Crippen LogP) is -0.569. The molecule has 4 rings (SSSR count). The number of rotatable bonds is 8. The second-order valence-corrected chi connectivity index (χ2v) is 9.13. The maximum absolute atomic E-state index is 10.2. The van der Waals surface area contributed by atoms with Crippen LogP contribution >= 0.6 is 0 Å². The predicted molar refractivity (Wildman–Crippen MR) is 128 cm³/mol. The highest BCUT2D eigenvalue weighted by atomic mass is 16.8. The van der Waals surface area contributed by atoms with Crippen LogP contribution < -0.4 is 0 Å². The molecule has 2 heterocycles. The van der Waals surface area contributed by atoms with E-state index in [0.717, 1.165) is 0 Å². The number of hydrogen-bond donors (Lipinski definition) is 8. The summed E-state index contributed by atoms with van der Waals surface area (Å²) in [5.41, 5.74) is 1.70. The van der Waals surface area contributed by atoms with Crippen molar-refractivity contribution < 1.29 is 55.3 Å². The Morgan fingerprint density at radius 2 is 0.897 bits per heavy atom. The summed E-state index contributed by atoms with van der Waals surface area (Å²) < 4.78 is 11.0. The number of ether oxygens (including phenoxy) is 2. The van der Waals surface area contributed by atoms with Crippen LogP contribution in [0, 0.1) is 0 Å². The van der Waals surface area contributed by atoms with Gasteiger partial charge in [0.2, 0.25) is 0 Å². The lowest BCUT2D eigenvalue weighted by atomic mass is 9.91. The SMILES string of the molecule is OC[C@H]1O[C@@H](c2ccc(N=NON=Nc3ccc([C@@H]4O[C@H](CO)[C@@H](O)[C@H](O)[C@H]4O)cc3)cc2)[C@H](O)[C@@H](O)[C@@H]1O. The molecular weight excluding hydrogens is 520 g/mol. The molecule has 15 heteroatoms. The zero-order valence-corrected chi connectivity index (χ0v) is 20.4. The minimum atomic E-state index is -1.48. The summed E-state index contributed by atoms with van der Waals surface area (Å²) in [7, 11) is 0. The highest BCUT2D eigenvalue weighted by Crippen LogP contribution is 2.34. The third-order valence-electron chi connectivity index (χ3n) is 6.61. The van der Waals surface area contributed by atoms with E-state index in [0.29, 0.717) is 22.5 Å². The fourth-order valence-electron chi connectivity index (χ4n) is 4.36. The summed E-state index contributed by atoms with van der Waals surface area (Å²) in [6, 6.07) is 12.4. The van der Waals surface area contributed by atoms with Crippen molar-refractivity contribution in [1.29, 1.82) is 0 Å². The van der Waals surface area contributed by atoms with Crippen molar-refractivity contribution in [1.82, 2.24) is 0 Å². The molecule has 2 aliphatic rings. The molecule has 39 heavy (non-hydrogen) atoms. The molecule has 8 N–H and O–H groups in total. The lowest BCUT2D eigenvalue weighted by molar-refractivity contribution is -0.231. The van der Waals surface area contributed by atoms with Crippen LogP contribution in [0.15, 0.2) is 69.3 Å². The third-order valence-corrected chi connectivity index (χ3v) is 6.61. The van der Waals surface area contributed by atoms with Gasteiger partial charge in [0.15, 0.2) is 0 Å². The highest BCUT2D eigenvalue weighted by Gasteiger charge is 2.45. The average molecular weight is 551 g/mol. The molecule has 0 bridgehead atoms. The second kappa shape index (κ2) is 12.9. The van der Waals surface area contributed by atoms with E-state index in [1.807, 2.05) is 0 Å². The van der Waals surface area contributed by atoms with Crippen LogP contribution in [0.1, 0.15) is 23.3 Å². The van der Waals surface area contributed by atoms with Gasteiger partial charge in [0.05, 0.1) is 35.1 Å². The topological polar surface area (TPSA) is 239 Å². The van der Waals surface area contributed by atoms with Crippen molar-refractivity contribution >= 4 is 11.4 Å². The maximum atomic E-state index is 10.2. The van der Waals surface area contributed by atoms with Gasteiger partial charge >= 0.3 is 0 Å². The molecule has 0 aromatic heterocycles. The van der Waals surface area contributed by atoms with Crippen LogP contribution in [0.25, 0.3) is 0 Å². The van der Waals surface area contributed by atoms with Crippen molar-refractivity contribution in [2.75, 3.05) is 13.2 Å². The van der Waals surface area contributed by atoms with Crippen LogP contribution in [0.2, 0.25) is 0 Å². The van der Waals surface area contributed by atoms with E-state index in [9.17, 15) is 40.9 Å². The molecule has 0 saturated carbocycles. The van der Waals surface area contributed by atoms with Crippen molar-refractivity contribution in [3.05, 3.63) is 59.7 Å². The molecule has 10 atom stereocenters. The molecule has 2 aromatic carbocycles. The van der Waals surface area contributed by atoms with Crippen molar-refractivity contribution in [3.8, 4) is 0 Å². The van der Waals surface area contributed by atoms with Gasteiger partial charge in [-0.05, 0) is 35.4 Å². The zero-order chi connectivity index (χ0) is 28.1. The molecule has 2 saturated heterocycles. The van der Waals surface area contributed by atoms with E-state index in [-0.39, 0.29) is 0 Å². The quantitative estimate of drug-likeness (QED) is 0.153. The average Bonchev–Trinajstić information content (AvgIpc) is 2.96. The van der Waals surface area contributed by atoms with E-state index in [1.54, 1.807) is 48.5 Å². The van der Waals surface area contributed by atoms with Crippen LogP contribution in [0.5, 0.6) is 0 Å². The number of nitrogens with zero attached hydrogens (tertiary/aromatic N) is 4. The minimum Gasteiger partial charge on any atom is -0.394 e. The molecule has 0 amide bonds. The monoisotopic (exact) mass is 550 g/mol. The Morgan fingerprint density at radius 3 is 1.23 bits per heavy atom. The summed E-state index contributed by atoms with van der Waals surface area (Å²) in [5, 5.41) is 93.3. The Morgan fingerprint density at radius 1 is 0.538 bits per heavy atom. The van der Waals surface area contributed by atoms with Crippen LogP contribution in [-0.2, 0) is 14.4 Å².